The van der Waals surface area contributed by atoms with Crippen LogP contribution in [0.3, 0.4) is 0 Å². The lowest BCUT2D eigenvalue weighted by molar-refractivity contribution is 0.0230. The maximum Gasteiger partial charge on any atom is 0.201 e. The summed E-state index contributed by atoms with van der Waals surface area (Å²) in [5.41, 5.74) is 1.94. The molecule has 1 fully saturated rings. The summed E-state index contributed by atoms with van der Waals surface area (Å²) in [5, 5.41) is 0. The van der Waals surface area contributed by atoms with Gasteiger partial charge in [0, 0.05) is 17.7 Å². The van der Waals surface area contributed by atoms with Crippen LogP contribution in [-0.2, 0) is 4.74 Å². The van der Waals surface area contributed by atoms with Crippen LogP contribution in [0.2, 0.25) is 0 Å². The predicted octanol–water partition coefficient (Wildman–Crippen LogP) is 10.3. The topological polar surface area (TPSA) is 18.5 Å². The monoisotopic (exact) mass is 566 g/mol. The van der Waals surface area contributed by atoms with E-state index in [0.29, 0.717) is 23.1 Å². The predicted molar refractivity (Wildman–Crippen MR) is 158 cm³/mol. The Morgan fingerprint density at radius 3 is 2.24 bits per heavy atom. The van der Waals surface area contributed by atoms with Crippen molar-refractivity contribution in [3.63, 3.8) is 0 Å². The maximum absolute atomic E-state index is 15.2. The van der Waals surface area contributed by atoms with E-state index in [1.165, 1.54) is 18.2 Å². The zero-order valence-electron chi connectivity index (χ0n) is 23.6. The van der Waals surface area contributed by atoms with Gasteiger partial charge in [-0.2, -0.15) is 4.39 Å². The van der Waals surface area contributed by atoms with Gasteiger partial charge in [0.05, 0.1) is 12.7 Å². The van der Waals surface area contributed by atoms with E-state index in [-0.39, 0.29) is 35.5 Å². The molecule has 218 valence electrons. The summed E-state index contributed by atoms with van der Waals surface area (Å²) in [4.78, 5) is 0. The summed E-state index contributed by atoms with van der Waals surface area (Å²) in [5.74, 6) is -3.80. The van der Waals surface area contributed by atoms with Crippen molar-refractivity contribution in [2.24, 2.45) is 0 Å². The number of benzene rings is 3. The van der Waals surface area contributed by atoms with Gasteiger partial charge in [-0.05, 0) is 79.7 Å². The molecule has 0 saturated heterocycles. The quantitative estimate of drug-likeness (QED) is 0.0887. The third kappa shape index (κ3) is 7.88. The number of ether oxygens (including phenoxy) is 2. The van der Waals surface area contributed by atoms with Crippen LogP contribution in [0.25, 0.3) is 23.3 Å². The van der Waals surface area contributed by atoms with Crippen molar-refractivity contribution >= 4 is 12.2 Å². The summed E-state index contributed by atoms with van der Waals surface area (Å²) in [7, 11) is 0. The fourth-order valence-electron chi connectivity index (χ4n) is 5.19. The lowest BCUT2D eigenvalue weighted by Crippen LogP contribution is -2.22. The van der Waals surface area contributed by atoms with Gasteiger partial charge >= 0.3 is 0 Å². The zero-order valence-corrected chi connectivity index (χ0v) is 23.6. The number of hydrogen-bond acceptors (Lipinski definition) is 2. The van der Waals surface area contributed by atoms with Crippen LogP contribution < -0.4 is 4.74 Å². The molecule has 0 heterocycles. The molecule has 3 aromatic rings. The highest BCUT2D eigenvalue weighted by Gasteiger charge is 2.27. The van der Waals surface area contributed by atoms with Crippen LogP contribution in [0.4, 0.5) is 17.6 Å². The van der Waals surface area contributed by atoms with Crippen molar-refractivity contribution in [2.45, 2.75) is 70.3 Å². The molecule has 0 aliphatic heterocycles. The zero-order chi connectivity index (χ0) is 29.2. The largest absolute Gasteiger partial charge is 0.490 e. The highest BCUT2D eigenvalue weighted by molar-refractivity contribution is 5.73. The van der Waals surface area contributed by atoms with E-state index in [1.54, 1.807) is 48.6 Å². The first-order valence-electron chi connectivity index (χ1n) is 14.5. The van der Waals surface area contributed by atoms with Crippen LogP contribution in [0.5, 0.6) is 5.75 Å². The average molecular weight is 567 g/mol. The van der Waals surface area contributed by atoms with Crippen molar-refractivity contribution in [3.05, 3.63) is 101 Å². The number of allylic oxidation sites excluding steroid dienone is 1. The molecule has 3 aromatic carbocycles. The van der Waals surface area contributed by atoms with Gasteiger partial charge in [-0.15, -0.1) is 6.58 Å². The standard InChI is InChI=1S/C35H38F4O2/c1-3-5-7-23-41-31-21-16-27(32(36)35(31)39)13-10-24-8-11-25(12-9-24)29-19-20-30(34(38)33(29)37)26-14-17-28(18-15-26)40-22-6-4-2/h3,8-13,16,19-21,26,28H,1,4-7,14-15,17-18,22-23H2,2H3/b13-10+. The molecule has 1 aliphatic carbocycles. The van der Waals surface area contributed by atoms with E-state index in [4.69, 9.17) is 9.47 Å². The van der Waals surface area contributed by atoms with Gasteiger partial charge in [-0.1, -0.05) is 68.0 Å². The number of halogens is 4. The van der Waals surface area contributed by atoms with Crippen LogP contribution in [0.1, 0.15) is 80.9 Å². The highest BCUT2D eigenvalue weighted by Crippen LogP contribution is 2.38. The third-order valence-electron chi connectivity index (χ3n) is 7.64. The van der Waals surface area contributed by atoms with Crippen LogP contribution in [-0.4, -0.2) is 19.3 Å². The van der Waals surface area contributed by atoms with Gasteiger partial charge in [0.1, 0.15) is 0 Å². The Kier molecular flexibility index (Phi) is 11.2. The second kappa shape index (κ2) is 15.0. The molecule has 0 amide bonds. The van der Waals surface area contributed by atoms with Crippen LogP contribution in [0, 0.1) is 23.3 Å². The second-order valence-corrected chi connectivity index (χ2v) is 10.5. The van der Waals surface area contributed by atoms with E-state index in [1.807, 2.05) is 0 Å². The molecule has 0 N–H and O–H groups in total. The third-order valence-corrected chi connectivity index (χ3v) is 7.64. The lowest BCUT2D eigenvalue weighted by Gasteiger charge is -2.29. The molecule has 0 radical (unpaired) electrons. The molecule has 0 spiro atoms. The maximum atomic E-state index is 15.2. The highest BCUT2D eigenvalue weighted by atomic mass is 19.2. The van der Waals surface area contributed by atoms with Crippen molar-refractivity contribution < 1.29 is 27.0 Å². The molecule has 6 heteroatoms. The smallest absolute Gasteiger partial charge is 0.201 e. The summed E-state index contributed by atoms with van der Waals surface area (Å²) in [6.45, 7) is 6.77. The molecule has 2 nitrogen and oxygen atoms in total. The molecule has 1 saturated carbocycles. The minimum absolute atomic E-state index is 0.0137. The van der Waals surface area contributed by atoms with E-state index >= 15 is 8.78 Å². The van der Waals surface area contributed by atoms with Gasteiger partial charge in [0.25, 0.3) is 0 Å². The van der Waals surface area contributed by atoms with Gasteiger partial charge in [0.15, 0.2) is 23.2 Å². The number of unbranched alkanes of at least 4 members (excludes halogenated alkanes) is 2. The molecule has 0 bridgehead atoms. The molecule has 0 atom stereocenters. The van der Waals surface area contributed by atoms with Gasteiger partial charge in [-0.3, -0.25) is 0 Å². The van der Waals surface area contributed by atoms with E-state index in [2.05, 4.69) is 13.5 Å². The molecule has 41 heavy (non-hydrogen) atoms. The molecular weight excluding hydrogens is 528 g/mol. The fraction of sp³-hybridized carbons (Fsp3) is 0.371. The van der Waals surface area contributed by atoms with Gasteiger partial charge < -0.3 is 9.47 Å². The average Bonchev–Trinajstić information content (AvgIpc) is 2.99. The first kappa shape index (κ1) is 30.6. The number of hydrogen-bond donors (Lipinski definition) is 0. The van der Waals surface area contributed by atoms with E-state index in [9.17, 15) is 8.78 Å². The van der Waals surface area contributed by atoms with Crippen molar-refractivity contribution in [3.8, 4) is 16.9 Å². The summed E-state index contributed by atoms with van der Waals surface area (Å²) < 4.78 is 70.5. The van der Waals surface area contributed by atoms with E-state index in [0.717, 1.165) is 51.6 Å². The minimum atomic E-state index is -1.03. The Morgan fingerprint density at radius 2 is 1.54 bits per heavy atom. The summed E-state index contributed by atoms with van der Waals surface area (Å²) >= 11 is 0. The molecule has 1 aliphatic rings. The normalized spacial score (nSPS) is 17.2. The van der Waals surface area contributed by atoms with Gasteiger partial charge in [-0.25, -0.2) is 13.2 Å². The Morgan fingerprint density at radius 1 is 0.780 bits per heavy atom. The first-order valence-corrected chi connectivity index (χ1v) is 14.5. The second-order valence-electron chi connectivity index (χ2n) is 10.5. The van der Waals surface area contributed by atoms with Crippen LogP contribution in [0.15, 0.2) is 61.2 Å². The minimum Gasteiger partial charge on any atom is -0.490 e. The Labute approximate surface area is 240 Å². The van der Waals surface area contributed by atoms with Crippen molar-refractivity contribution in [2.75, 3.05) is 13.2 Å². The number of rotatable bonds is 13. The fourth-order valence-corrected chi connectivity index (χ4v) is 5.19. The Hall–Kier alpha value is -3.38. The molecule has 0 unspecified atom stereocenters. The van der Waals surface area contributed by atoms with Gasteiger partial charge in [0.2, 0.25) is 5.82 Å². The first-order chi connectivity index (χ1) is 19.9. The molecular formula is C35H38F4O2. The summed E-state index contributed by atoms with van der Waals surface area (Å²) in [6.07, 6.45) is 11.9. The lowest BCUT2D eigenvalue weighted by atomic mass is 9.82. The van der Waals surface area contributed by atoms with E-state index < -0.39 is 23.3 Å². The molecule has 4 rings (SSSR count). The molecule has 0 aromatic heterocycles. The van der Waals surface area contributed by atoms with Crippen molar-refractivity contribution in [1.29, 1.82) is 0 Å². The van der Waals surface area contributed by atoms with Crippen molar-refractivity contribution in [1.82, 2.24) is 0 Å². The Balaban J connectivity index is 1.40. The Bertz CT molecular complexity index is 1320. The SMILES string of the molecule is C=CCCCOc1ccc(/C=C/c2ccc(-c3ccc(C4CCC(OCCCC)CC4)c(F)c3F)cc2)c(F)c1F. The van der Waals surface area contributed by atoms with Crippen LogP contribution >= 0.6 is 0 Å². The summed E-state index contributed by atoms with van der Waals surface area (Å²) in [6, 6.07) is 13.0.